The van der Waals surface area contributed by atoms with E-state index in [0.29, 0.717) is 28.6 Å². The number of ether oxygens (including phenoxy) is 1. The van der Waals surface area contributed by atoms with Gasteiger partial charge in [-0.1, -0.05) is 12.1 Å². The molecule has 4 aromatic carbocycles. The normalized spacial score (nSPS) is 10.7. The first-order valence-corrected chi connectivity index (χ1v) is 10.3. The molecule has 0 atom stereocenters. The molecule has 5 rings (SSSR count). The van der Waals surface area contributed by atoms with Crippen molar-refractivity contribution in [3.8, 4) is 23.0 Å². The number of fused-ring (bicyclic) bond motifs is 1. The Hall–Kier alpha value is -4.98. The summed E-state index contributed by atoms with van der Waals surface area (Å²) in [5, 5.41) is 13.6. The zero-order chi connectivity index (χ0) is 23.5. The maximum atomic E-state index is 12.6. The Bertz CT molecular complexity index is 1440. The second-order valence-corrected chi connectivity index (χ2v) is 7.40. The molecular weight excluding hydrogens is 434 g/mol. The van der Waals surface area contributed by atoms with E-state index in [0.717, 1.165) is 16.7 Å². The number of aromatic nitrogens is 1. The van der Waals surface area contributed by atoms with Crippen LogP contribution in [-0.4, -0.2) is 15.8 Å². The average Bonchev–Trinajstić information content (AvgIpc) is 3.30. The Morgan fingerprint density at radius 3 is 2.15 bits per heavy atom. The number of nitrogens with one attached hydrogen (secondary N) is 1. The zero-order valence-corrected chi connectivity index (χ0v) is 17.7. The Kier molecular flexibility index (Phi) is 5.45. The second kappa shape index (κ2) is 8.87. The molecule has 5 aromatic rings. The molecule has 1 N–H and O–H groups in total. The van der Waals surface area contributed by atoms with Crippen LogP contribution in [0.1, 0.15) is 10.4 Å². The minimum absolute atomic E-state index is 0.0127. The van der Waals surface area contributed by atoms with Gasteiger partial charge in [0.05, 0.1) is 4.92 Å². The van der Waals surface area contributed by atoms with Gasteiger partial charge in [-0.2, -0.15) is 0 Å². The van der Waals surface area contributed by atoms with Gasteiger partial charge in [-0.05, 0) is 72.8 Å². The molecule has 1 heterocycles. The van der Waals surface area contributed by atoms with E-state index in [1.54, 1.807) is 36.4 Å². The predicted molar refractivity (Wildman–Crippen MR) is 127 cm³/mol. The second-order valence-electron chi connectivity index (χ2n) is 7.40. The van der Waals surface area contributed by atoms with Crippen molar-refractivity contribution in [1.29, 1.82) is 0 Å². The molecule has 0 bridgehead atoms. The van der Waals surface area contributed by atoms with Crippen LogP contribution < -0.4 is 10.1 Å². The fourth-order valence-electron chi connectivity index (χ4n) is 3.34. The van der Waals surface area contributed by atoms with E-state index < -0.39 is 4.92 Å². The van der Waals surface area contributed by atoms with Gasteiger partial charge in [0.15, 0.2) is 5.58 Å². The largest absolute Gasteiger partial charge is 0.457 e. The summed E-state index contributed by atoms with van der Waals surface area (Å²) in [4.78, 5) is 27.4. The third kappa shape index (κ3) is 4.46. The highest BCUT2D eigenvalue weighted by Crippen LogP contribution is 2.26. The molecule has 0 spiro atoms. The van der Waals surface area contributed by atoms with Crippen LogP contribution in [0.5, 0.6) is 11.5 Å². The number of nitro groups is 1. The van der Waals surface area contributed by atoms with Crippen molar-refractivity contribution in [2.24, 2.45) is 0 Å². The molecule has 1 aromatic heterocycles. The summed E-state index contributed by atoms with van der Waals surface area (Å²) in [6.07, 6.45) is 0. The van der Waals surface area contributed by atoms with Crippen molar-refractivity contribution in [3.63, 3.8) is 0 Å². The molecule has 0 unspecified atom stereocenters. The average molecular weight is 451 g/mol. The number of benzene rings is 4. The first-order valence-electron chi connectivity index (χ1n) is 10.3. The minimum atomic E-state index is -0.472. The maximum Gasteiger partial charge on any atom is 0.269 e. The molecule has 0 aliphatic rings. The topological polar surface area (TPSA) is 108 Å². The molecule has 0 saturated heterocycles. The summed E-state index contributed by atoms with van der Waals surface area (Å²) in [7, 11) is 0. The van der Waals surface area contributed by atoms with Crippen LogP contribution in [0.3, 0.4) is 0 Å². The Morgan fingerprint density at radius 2 is 1.50 bits per heavy atom. The van der Waals surface area contributed by atoms with Gasteiger partial charge in [0.2, 0.25) is 5.89 Å². The quantitative estimate of drug-likeness (QED) is 0.235. The van der Waals surface area contributed by atoms with Crippen molar-refractivity contribution >= 4 is 28.4 Å². The summed E-state index contributed by atoms with van der Waals surface area (Å²) < 4.78 is 11.4. The number of carbonyl (C=O) groups excluding carboxylic acids is 1. The molecule has 0 saturated carbocycles. The summed E-state index contributed by atoms with van der Waals surface area (Å²) in [6, 6.07) is 27.2. The third-order valence-corrected chi connectivity index (χ3v) is 5.08. The lowest BCUT2D eigenvalue weighted by molar-refractivity contribution is -0.384. The number of nitrogens with zero attached hydrogens (tertiary/aromatic N) is 2. The van der Waals surface area contributed by atoms with Crippen LogP contribution in [0, 0.1) is 10.1 Å². The summed E-state index contributed by atoms with van der Waals surface area (Å²) in [6.45, 7) is 0. The third-order valence-electron chi connectivity index (χ3n) is 5.08. The van der Waals surface area contributed by atoms with Crippen LogP contribution in [-0.2, 0) is 0 Å². The molecule has 8 nitrogen and oxygen atoms in total. The van der Waals surface area contributed by atoms with E-state index in [2.05, 4.69) is 10.3 Å². The van der Waals surface area contributed by atoms with Crippen LogP contribution >= 0.6 is 0 Å². The monoisotopic (exact) mass is 451 g/mol. The van der Waals surface area contributed by atoms with E-state index in [4.69, 9.17) is 9.15 Å². The van der Waals surface area contributed by atoms with E-state index >= 15 is 0 Å². The van der Waals surface area contributed by atoms with Gasteiger partial charge in [-0.3, -0.25) is 14.9 Å². The summed E-state index contributed by atoms with van der Waals surface area (Å²) in [5.74, 6) is 1.22. The maximum absolute atomic E-state index is 12.6. The first kappa shape index (κ1) is 20.9. The molecular formula is C26H17N3O5. The van der Waals surface area contributed by atoms with Gasteiger partial charge < -0.3 is 14.5 Å². The number of oxazole rings is 1. The molecule has 0 fully saturated rings. The molecule has 0 radical (unpaired) electrons. The number of carbonyl (C=O) groups is 1. The SMILES string of the molecule is O=C(Nc1ccc(-c2nc3ccccc3o2)cc1)c1ccc(Oc2ccc([N+](=O)[O-])cc2)cc1. The standard InChI is InChI=1S/C26H17N3O5/c30-25(17-7-13-21(14-8-17)33-22-15-11-20(12-16-22)29(31)32)27-19-9-5-18(6-10-19)26-28-23-3-1-2-4-24(23)34-26/h1-16H,(H,27,30). The molecule has 166 valence electrons. The summed E-state index contributed by atoms with van der Waals surface area (Å²) >= 11 is 0. The molecule has 8 heteroatoms. The zero-order valence-electron chi connectivity index (χ0n) is 17.7. The Balaban J connectivity index is 1.23. The number of hydrogen-bond donors (Lipinski definition) is 1. The van der Waals surface area contributed by atoms with Crippen molar-refractivity contribution in [2.45, 2.75) is 0 Å². The highest BCUT2D eigenvalue weighted by atomic mass is 16.6. The highest BCUT2D eigenvalue weighted by molar-refractivity contribution is 6.04. The van der Waals surface area contributed by atoms with E-state index in [1.165, 1.54) is 24.3 Å². The number of nitro benzene ring substituents is 1. The fraction of sp³-hybridized carbons (Fsp3) is 0. The number of anilines is 1. The predicted octanol–water partition coefficient (Wildman–Crippen LogP) is 6.45. The number of para-hydroxylation sites is 2. The van der Waals surface area contributed by atoms with Gasteiger partial charge >= 0.3 is 0 Å². The van der Waals surface area contributed by atoms with Gasteiger partial charge in [-0.15, -0.1) is 0 Å². The summed E-state index contributed by atoms with van der Waals surface area (Å²) in [5.41, 5.74) is 3.39. The van der Waals surface area contributed by atoms with Crippen LogP contribution in [0.25, 0.3) is 22.6 Å². The Labute approximate surface area is 193 Å². The van der Waals surface area contributed by atoms with Crippen molar-refractivity contribution in [3.05, 3.63) is 113 Å². The Morgan fingerprint density at radius 1 is 0.853 bits per heavy atom. The molecule has 1 amide bonds. The lowest BCUT2D eigenvalue weighted by Gasteiger charge is -2.08. The minimum Gasteiger partial charge on any atom is -0.457 e. The van der Waals surface area contributed by atoms with Crippen molar-refractivity contribution in [2.75, 3.05) is 5.32 Å². The number of non-ortho nitro benzene ring substituents is 1. The van der Waals surface area contributed by atoms with Gasteiger partial charge in [0.1, 0.15) is 17.0 Å². The van der Waals surface area contributed by atoms with Gasteiger partial charge in [0.25, 0.3) is 11.6 Å². The van der Waals surface area contributed by atoms with E-state index in [9.17, 15) is 14.9 Å². The van der Waals surface area contributed by atoms with E-state index in [-0.39, 0.29) is 11.6 Å². The van der Waals surface area contributed by atoms with Crippen LogP contribution in [0.2, 0.25) is 0 Å². The fourth-order valence-corrected chi connectivity index (χ4v) is 3.34. The number of rotatable bonds is 6. The lowest BCUT2D eigenvalue weighted by Crippen LogP contribution is -2.11. The molecule has 34 heavy (non-hydrogen) atoms. The highest BCUT2D eigenvalue weighted by Gasteiger charge is 2.10. The number of hydrogen-bond acceptors (Lipinski definition) is 6. The van der Waals surface area contributed by atoms with Crippen LogP contribution in [0.4, 0.5) is 11.4 Å². The molecule has 0 aliphatic heterocycles. The first-order chi connectivity index (χ1) is 16.5. The van der Waals surface area contributed by atoms with Crippen molar-refractivity contribution < 1.29 is 18.9 Å². The lowest BCUT2D eigenvalue weighted by atomic mass is 10.1. The molecule has 0 aliphatic carbocycles. The smallest absolute Gasteiger partial charge is 0.269 e. The van der Waals surface area contributed by atoms with Gasteiger partial charge in [0, 0.05) is 28.9 Å². The van der Waals surface area contributed by atoms with Crippen LogP contribution in [0.15, 0.2) is 101 Å². The number of amides is 1. The van der Waals surface area contributed by atoms with Crippen molar-refractivity contribution in [1.82, 2.24) is 4.98 Å². The van der Waals surface area contributed by atoms with Gasteiger partial charge in [-0.25, -0.2) is 4.98 Å². The van der Waals surface area contributed by atoms with E-state index in [1.807, 2.05) is 36.4 Å².